The van der Waals surface area contributed by atoms with Crippen LogP contribution >= 0.6 is 11.6 Å². The standard InChI is InChI=1S/C20H21ClN4O4/c1-12-15(21)10-22-25(19(12)26)7-5-18-23-16-4-3-13(20(27)28-2)9-17(16)24(18)11-14-6-8-29-14/h3-4,9-10,14H,5-8,11H2,1-2H3/t14-/m0/s1. The zero-order chi connectivity index (χ0) is 20.5. The summed E-state index contributed by atoms with van der Waals surface area (Å²) in [5.74, 6) is 0.410. The Labute approximate surface area is 172 Å². The first kappa shape index (κ1) is 19.6. The van der Waals surface area contributed by atoms with Gasteiger partial charge in [0.05, 0.1) is 54.1 Å². The molecule has 0 bridgehead atoms. The number of benzene rings is 1. The van der Waals surface area contributed by atoms with E-state index in [1.165, 1.54) is 18.0 Å². The molecule has 152 valence electrons. The van der Waals surface area contributed by atoms with Crippen LogP contribution in [0, 0.1) is 6.92 Å². The SMILES string of the molecule is COC(=O)c1ccc2nc(CCn3ncc(Cl)c(C)c3=O)n(C[C@@H]3CCO3)c2c1. The van der Waals surface area contributed by atoms with E-state index in [1.54, 1.807) is 25.1 Å². The third-order valence-corrected chi connectivity index (χ3v) is 5.58. The maximum atomic E-state index is 12.4. The fraction of sp³-hybridized carbons (Fsp3) is 0.400. The maximum Gasteiger partial charge on any atom is 0.337 e. The zero-order valence-electron chi connectivity index (χ0n) is 16.2. The van der Waals surface area contributed by atoms with Crippen LogP contribution in [0.25, 0.3) is 11.0 Å². The summed E-state index contributed by atoms with van der Waals surface area (Å²) >= 11 is 5.97. The summed E-state index contributed by atoms with van der Waals surface area (Å²) in [5, 5.41) is 4.48. The van der Waals surface area contributed by atoms with Crippen molar-refractivity contribution in [2.45, 2.75) is 39.0 Å². The van der Waals surface area contributed by atoms with Gasteiger partial charge in [-0.05, 0) is 31.5 Å². The van der Waals surface area contributed by atoms with Crippen LogP contribution in [0.2, 0.25) is 5.02 Å². The minimum absolute atomic E-state index is 0.117. The number of halogens is 1. The first-order valence-electron chi connectivity index (χ1n) is 9.39. The van der Waals surface area contributed by atoms with Crippen molar-refractivity contribution in [3.63, 3.8) is 0 Å². The fourth-order valence-corrected chi connectivity index (χ4v) is 3.50. The predicted molar refractivity (Wildman–Crippen MR) is 107 cm³/mol. The molecule has 0 radical (unpaired) electrons. The highest BCUT2D eigenvalue weighted by Crippen LogP contribution is 2.23. The monoisotopic (exact) mass is 416 g/mol. The molecular formula is C20H21ClN4O4. The molecule has 3 aromatic rings. The number of nitrogens with zero attached hydrogens (tertiary/aromatic N) is 4. The molecule has 1 aliphatic rings. The van der Waals surface area contributed by atoms with Crippen LogP contribution in [0.5, 0.6) is 0 Å². The second kappa shape index (κ2) is 7.96. The highest BCUT2D eigenvalue weighted by atomic mass is 35.5. The number of hydrogen-bond donors (Lipinski definition) is 0. The van der Waals surface area contributed by atoms with Gasteiger partial charge in [0.25, 0.3) is 5.56 Å². The summed E-state index contributed by atoms with van der Waals surface area (Å²) in [6.45, 7) is 3.44. The molecule has 0 N–H and O–H groups in total. The van der Waals surface area contributed by atoms with Crippen molar-refractivity contribution < 1.29 is 14.3 Å². The van der Waals surface area contributed by atoms with Gasteiger partial charge in [-0.15, -0.1) is 0 Å². The van der Waals surface area contributed by atoms with Gasteiger partial charge in [-0.1, -0.05) is 11.6 Å². The molecule has 0 spiro atoms. The van der Waals surface area contributed by atoms with Crippen LogP contribution in [0.15, 0.2) is 29.2 Å². The van der Waals surface area contributed by atoms with Crippen LogP contribution in [0.3, 0.4) is 0 Å². The van der Waals surface area contributed by atoms with Crippen molar-refractivity contribution in [3.05, 3.63) is 56.7 Å². The summed E-state index contributed by atoms with van der Waals surface area (Å²) in [4.78, 5) is 29.0. The molecule has 3 heterocycles. The molecule has 29 heavy (non-hydrogen) atoms. The van der Waals surface area contributed by atoms with Crippen molar-refractivity contribution in [1.29, 1.82) is 0 Å². The Morgan fingerprint density at radius 3 is 2.90 bits per heavy atom. The molecule has 1 atom stereocenters. The number of imidazole rings is 1. The largest absolute Gasteiger partial charge is 0.465 e. The molecule has 8 nitrogen and oxygen atoms in total. The number of methoxy groups -OCH3 is 1. The van der Waals surface area contributed by atoms with Crippen LogP contribution < -0.4 is 5.56 Å². The minimum Gasteiger partial charge on any atom is -0.465 e. The number of carbonyl (C=O) groups excluding carboxylic acids is 1. The number of fused-ring (bicyclic) bond motifs is 1. The molecule has 1 saturated heterocycles. The van der Waals surface area contributed by atoms with Gasteiger partial charge in [0.1, 0.15) is 5.82 Å². The molecule has 0 amide bonds. The normalized spacial score (nSPS) is 16.0. The van der Waals surface area contributed by atoms with Gasteiger partial charge in [0.2, 0.25) is 0 Å². The zero-order valence-corrected chi connectivity index (χ0v) is 17.0. The van der Waals surface area contributed by atoms with Gasteiger partial charge in [0, 0.05) is 18.6 Å². The lowest BCUT2D eigenvalue weighted by Crippen LogP contribution is -2.32. The number of aromatic nitrogens is 4. The lowest BCUT2D eigenvalue weighted by molar-refractivity contribution is -0.0590. The molecule has 9 heteroatoms. The summed E-state index contributed by atoms with van der Waals surface area (Å²) in [5.41, 5.74) is 2.34. The molecule has 0 saturated carbocycles. The van der Waals surface area contributed by atoms with E-state index in [9.17, 15) is 9.59 Å². The van der Waals surface area contributed by atoms with E-state index in [-0.39, 0.29) is 11.7 Å². The van der Waals surface area contributed by atoms with Gasteiger partial charge in [-0.3, -0.25) is 4.79 Å². The topological polar surface area (TPSA) is 88.2 Å². The Kier molecular flexibility index (Phi) is 5.38. The van der Waals surface area contributed by atoms with Crippen LogP contribution in [0.1, 0.15) is 28.2 Å². The van der Waals surface area contributed by atoms with E-state index in [4.69, 9.17) is 26.1 Å². The van der Waals surface area contributed by atoms with E-state index in [2.05, 4.69) is 9.67 Å². The third-order valence-electron chi connectivity index (χ3n) is 5.20. The van der Waals surface area contributed by atoms with Gasteiger partial charge in [-0.2, -0.15) is 5.10 Å². The van der Waals surface area contributed by atoms with Gasteiger partial charge >= 0.3 is 5.97 Å². The molecule has 1 fully saturated rings. The number of ether oxygens (including phenoxy) is 2. The van der Waals surface area contributed by atoms with Gasteiger partial charge < -0.3 is 14.0 Å². The maximum absolute atomic E-state index is 12.4. The first-order valence-corrected chi connectivity index (χ1v) is 9.77. The molecule has 0 aliphatic carbocycles. The summed E-state index contributed by atoms with van der Waals surface area (Å²) < 4.78 is 13.9. The molecular weight excluding hydrogens is 396 g/mol. The Hall–Kier alpha value is -2.71. The highest BCUT2D eigenvalue weighted by molar-refractivity contribution is 6.31. The van der Waals surface area contributed by atoms with E-state index in [0.717, 1.165) is 29.9 Å². The van der Waals surface area contributed by atoms with Crippen LogP contribution in [0.4, 0.5) is 0 Å². The van der Waals surface area contributed by atoms with E-state index in [1.807, 2.05) is 0 Å². The van der Waals surface area contributed by atoms with Crippen molar-refractivity contribution in [2.75, 3.05) is 13.7 Å². The lowest BCUT2D eigenvalue weighted by Gasteiger charge is -2.27. The Bertz CT molecular complexity index is 1130. The summed E-state index contributed by atoms with van der Waals surface area (Å²) in [6, 6.07) is 5.29. The molecule has 0 unspecified atom stereocenters. The van der Waals surface area contributed by atoms with Gasteiger partial charge in [-0.25, -0.2) is 14.5 Å². The number of carbonyl (C=O) groups is 1. The van der Waals surface area contributed by atoms with E-state index >= 15 is 0 Å². The van der Waals surface area contributed by atoms with E-state index < -0.39 is 5.97 Å². The van der Waals surface area contributed by atoms with Crippen LogP contribution in [-0.2, 0) is 29.0 Å². The molecule has 2 aromatic heterocycles. The number of rotatable bonds is 6. The molecule has 1 aromatic carbocycles. The van der Waals surface area contributed by atoms with Crippen molar-refractivity contribution >= 4 is 28.6 Å². The minimum atomic E-state index is -0.395. The van der Waals surface area contributed by atoms with Crippen molar-refractivity contribution in [3.8, 4) is 0 Å². The first-order chi connectivity index (χ1) is 14.0. The van der Waals surface area contributed by atoms with Crippen molar-refractivity contribution in [2.24, 2.45) is 0 Å². The number of aryl methyl sites for hydroxylation is 2. The number of hydrogen-bond acceptors (Lipinski definition) is 6. The Morgan fingerprint density at radius 1 is 1.41 bits per heavy atom. The molecule has 1 aliphatic heterocycles. The Morgan fingerprint density at radius 2 is 2.21 bits per heavy atom. The Balaban J connectivity index is 1.68. The summed E-state index contributed by atoms with van der Waals surface area (Å²) in [6.07, 6.45) is 3.08. The predicted octanol–water partition coefficient (Wildman–Crippen LogP) is 2.37. The van der Waals surface area contributed by atoms with E-state index in [0.29, 0.717) is 35.7 Å². The highest BCUT2D eigenvalue weighted by Gasteiger charge is 2.22. The second-order valence-electron chi connectivity index (χ2n) is 7.01. The third kappa shape index (κ3) is 3.77. The summed E-state index contributed by atoms with van der Waals surface area (Å²) in [7, 11) is 1.36. The average molecular weight is 417 g/mol. The lowest BCUT2D eigenvalue weighted by atomic mass is 10.1. The smallest absolute Gasteiger partial charge is 0.337 e. The molecule has 4 rings (SSSR count). The quantitative estimate of drug-likeness (QED) is 0.573. The van der Waals surface area contributed by atoms with Crippen LogP contribution in [-0.4, -0.2) is 45.1 Å². The average Bonchev–Trinajstić information content (AvgIpc) is 3.04. The fourth-order valence-electron chi connectivity index (χ4n) is 3.37. The second-order valence-corrected chi connectivity index (χ2v) is 7.42. The number of esters is 1. The van der Waals surface area contributed by atoms with Crippen molar-refractivity contribution in [1.82, 2.24) is 19.3 Å². The van der Waals surface area contributed by atoms with Gasteiger partial charge in [0.15, 0.2) is 0 Å².